The van der Waals surface area contributed by atoms with Crippen LogP contribution in [0.2, 0.25) is 0 Å². The van der Waals surface area contributed by atoms with Crippen LogP contribution in [-0.4, -0.2) is 50.1 Å². The van der Waals surface area contributed by atoms with E-state index in [1.54, 1.807) is 0 Å². The van der Waals surface area contributed by atoms with Crippen molar-refractivity contribution in [1.82, 2.24) is 4.98 Å². The molecule has 3 rings (SSSR count). The maximum Gasteiger partial charge on any atom is 0.417 e. The Balaban J connectivity index is 2.11. The number of nitrogens with one attached hydrogen (secondary N) is 1. The Morgan fingerprint density at radius 1 is 1.22 bits per heavy atom. The van der Waals surface area contributed by atoms with Crippen LogP contribution >= 0.6 is 0 Å². The summed E-state index contributed by atoms with van der Waals surface area (Å²) in [4.78, 5) is 16.4. The van der Waals surface area contributed by atoms with Crippen molar-refractivity contribution in [3.05, 3.63) is 47.8 Å². The number of aromatic nitrogens is 1. The predicted octanol–water partition coefficient (Wildman–Crippen LogP) is 4.44. The Kier molecular flexibility index (Phi) is 7.29. The molecule has 0 bridgehead atoms. The van der Waals surface area contributed by atoms with Gasteiger partial charge in [-0.2, -0.15) is 26.3 Å². The van der Waals surface area contributed by atoms with Crippen molar-refractivity contribution < 1.29 is 53.4 Å². The molecule has 1 amide bonds. The molecule has 15 heteroatoms. The molecule has 1 fully saturated rings. The topological polar surface area (TPSA) is 94.6 Å². The zero-order chi connectivity index (χ0) is 27.2. The smallest absolute Gasteiger partial charge is 0.417 e. The van der Waals surface area contributed by atoms with Crippen LogP contribution < -0.4 is 10.1 Å². The molecule has 2 heterocycles. The number of nitrogens with zero attached hydrogens (tertiary/aromatic N) is 1. The third-order valence-electron chi connectivity index (χ3n) is 5.98. The molecule has 1 saturated heterocycles. The van der Waals surface area contributed by atoms with Crippen LogP contribution in [0.25, 0.3) is 0 Å². The lowest BCUT2D eigenvalue weighted by Crippen LogP contribution is -2.47. The SMILES string of the molecule is C[C@@H]1[C@H](c2ccc(F)c(F)c2OC(F)F)[C@@H](C(=O)Nc2cncc(S(C)(=O)=O)c2)O[C@]1(C)C(F)(F)F. The van der Waals surface area contributed by atoms with E-state index in [-0.39, 0.29) is 10.6 Å². The molecule has 198 valence electrons. The van der Waals surface area contributed by atoms with Crippen molar-refractivity contribution in [1.29, 1.82) is 0 Å². The normalized spacial score (nSPS) is 24.7. The van der Waals surface area contributed by atoms with Crippen molar-refractivity contribution in [3.8, 4) is 5.75 Å². The molecule has 1 aromatic heterocycles. The number of carbonyl (C=O) groups is 1. The second-order valence-corrected chi connectivity index (χ2v) is 10.3. The summed E-state index contributed by atoms with van der Waals surface area (Å²) in [5.41, 5.74) is -3.90. The van der Waals surface area contributed by atoms with E-state index >= 15 is 0 Å². The van der Waals surface area contributed by atoms with Gasteiger partial charge in [-0.1, -0.05) is 13.0 Å². The first-order valence-corrected chi connectivity index (χ1v) is 12.0. The minimum atomic E-state index is -5.07. The van der Waals surface area contributed by atoms with Gasteiger partial charge >= 0.3 is 12.8 Å². The molecule has 0 unspecified atom stereocenters. The lowest BCUT2D eigenvalue weighted by Gasteiger charge is -2.32. The second kappa shape index (κ2) is 9.50. The molecule has 1 aromatic carbocycles. The van der Waals surface area contributed by atoms with Gasteiger partial charge in [0.2, 0.25) is 5.82 Å². The molecule has 1 aliphatic rings. The van der Waals surface area contributed by atoms with Crippen LogP contribution in [0.1, 0.15) is 25.3 Å². The number of halogens is 7. The predicted molar refractivity (Wildman–Crippen MR) is 110 cm³/mol. The van der Waals surface area contributed by atoms with Crippen LogP contribution in [0.15, 0.2) is 35.5 Å². The van der Waals surface area contributed by atoms with E-state index in [1.807, 2.05) is 0 Å². The maximum atomic E-state index is 14.4. The van der Waals surface area contributed by atoms with E-state index in [4.69, 9.17) is 4.74 Å². The molecule has 36 heavy (non-hydrogen) atoms. The molecule has 0 spiro atoms. The van der Waals surface area contributed by atoms with Gasteiger partial charge in [0.1, 0.15) is 6.10 Å². The maximum absolute atomic E-state index is 14.4. The third-order valence-corrected chi connectivity index (χ3v) is 7.06. The van der Waals surface area contributed by atoms with E-state index in [0.29, 0.717) is 13.0 Å². The molecule has 0 radical (unpaired) electrons. The molecular formula is C21H19F7N2O5S. The van der Waals surface area contributed by atoms with Gasteiger partial charge in [-0.3, -0.25) is 9.78 Å². The Morgan fingerprint density at radius 3 is 2.42 bits per heavy atom. The highest BCUT2D eigenvalue weighted by atomic mass is 32.2. The fourth-order valence-corrected chi connectivity index (χ4v) is 4.54. The first kappa shape index (κ1) is 27.6. The highest BCUT2D eigenvalue weighted by Gasteiger charge is 2.66. The largest absolute Gasteiger partial charge is 0.431 e. The van der Waals surface area contributed by atoms with Crippen molar-refractivity contribution >= 4 is 21.4 Å². The number of hydrogen-bond acceptors (Lipinski definition) is 6. The van der Waals surface area contributed by atoms with Gasteiger partial charge in [0, 0.05) is 29.9 Å². The monoisotopic (exact) mass is 544 g/mol. The number of rotatable bonds is 6. The summed E-state index contributed by atoms with van der Waals surface area (Å²) < 4.78 is 129. The Bertz CT molecular complexity index is 1270. The molecule has 4 atom stereocenters. The summed E-state index contributed by atoms with van der Waals surface area (Å²) in [6.45, 7) is -2.04. The van der Waals surface area contributed by atoms with Gasteiger partial charge < -0.3 is 14.8 Å². The number of sulfone groups is 1. The Labute approximate surface area is 200 Å². The first-order valence-electron chi connectivity index (χ1n) is 10.1. The van der Waals surface area contributed by atoms with Crippen molar-refractivity contribution in [2.75, 3.05) is 11.6 Å². The highest BCUT2D eigenvalue weighted by molar-refractivity contribution is 7.90. The number of amides is 1. The highest BCUT2D eigenvalue weighted by Crippen LogP contribution is 2.55. The zero-order valence-corrected chi connectivity index (χ0v) is 19.6. The number of pyridine rings is 1. The summed E-state index contributed by atoms with van der Waals surface area (Å²) in [5, 5.41) is 2.18. The minimum Gasteiger partial charge on any atom is -0.431 e. The van der Waals surface area contributed by atoms with E-state index in [0.717, 1.165) is 37.7 Å². The molecule has 7 nitrogen and oxygen atoms in total. The summed E-state index contributed by atoms with van der Waals surface area (Å²) >= 11 is 0. The number of ether oxygens (including phenoxy) is 2. The Morgan fingerprint density at radius 2 is 1.86 bits per heavy atom. The molecule has 2 aromatic rings. The summed E-state index contributed by atoms with van der Waals surface area (Å²) in [7, 11) is -3.77. The van der Waals surface area contributed by atoms with Crippen molar-refractivity contribution in [2.24, 2.45) is 5.92 Å². The first-order chi connectivity index (χ1) is 16.5. The fourth-order valence-electron chi connectivity index (χ4n) is 3.94. The minimum absolute atomic E-state index is 0.229. The fraction of sp³-hybridized carbons (Fsp3) is 0.429. The second-order valence-electron chi connectivity index (χ2n) is 8.29. The van der Waals surface area contributed by atoms with E-state index < -0.39 is 75.0 Å². The molecule has 1 N–H and O–H groups in total. The number of carbonyl (C=O) groups excluding carboxylic acids is 1. The molecule has 1 aliphatic heterocycles. The number of anilines is 1. The van der Waals surface area contributed by atoms with E-state index in [9.17, 15) is 43.9 Å². The van der Waals surface area contributed by atoms with Crippen LogP contribution in [0.3, 0.4) is 0 Å². The van der Waals surface area contributed by atoms with E-state index in [1.165, 1.54) is 0 Å². The van der Waals surface area contributed by atoms with Crippen molar-refractivity contribution in [3.63, 3.8) is 0 Å². The average Bonchev–Trinajstić information content (AvgIpc) is 3.03. The number of hydrogen-bond donors (Lipinski definition) is 1. The number of alkyl halides is 5. The van der Waals surface area contributed by atoms with Gasteiger partial charge in [0.15, 0.2) is 27.0 Å². The molecule has 0 aliphatic carbocycles. The molecule has 0 saturated carbocycles. The van der Waals surface area contributed by atoms with Crippen LogP contribution in [0.5, 0.6) is 5.75 Å². The zero-order valence-electron chi connectivity index (χ0n) is 18.7. The molecular weight excluding hydrogens is 525 g/mol. The Hall–Kier alpha value is -2.94. The van der Waals surface area contributed by atoms with E-state index in [2.05, 4.69) is 15.0 Å². The summed E-state index contributed by atoms with van der Waals surface area (Å²) in [6, 6.07) is 2.21. The van der Waals surface area contributed by atoms with Gasteiger partial charge in [-0.25, -0.2) is 12.8 Å². The number of benzene rings is 1. The summed E-state index contributed by atoms with van der Waals surface area (Å²) in [6.07, 6.45) is -4.31. The average molecular weight is 544 g/mol. The van der Waals surface area contributed by atoms with Gasteiger partial charge in [0.05, 0.1) is 16.8 Å². The van der Waals surface area contributed by atoms with Crippen LogP contribution in [-0.2, 0) is 19.4 Å². The van der Waals surface area contributed by atoms with Gasteiger partial charge in [-0.05, 0) is 19.1 Å². The quantitative estimate of drug-likeness (QED) is 0.541. The van der Waals surface area contributed by atoms with Gasteiger partial charge in [0.25, 0.3) is 5.91 Å². The van der Waals surface area contributed by atoms with Gasteiger partial charge in [-0.15, -0.1) is 0 Å². The standard InChI is InChI=1S/C21H19F7N2O5S/c1-9-14(12-4-5-13(22)15(23)16(12)34-19(24)25)17(35-20(9,2)21(26,27)28)18(31)30-10-6-11(8-29-7-10)36(3,32)33/h4-9,14,17,19H,1-3H3,(H,30,31)/t9-,14-,17+,20+/m1/s1. The van der Waals surface area contributed by atoms with Crippen molar-refractivity contribution in [2.45, 2.75) is 49.2 Å². The lowest BCUT2D eigenvalue weighted by atomic mass is 9.77. The van der Waals surface area contributed by atoms with Crippen LogP contribution in [0.4, 0.5) is 36.4 Å². The lowest BCUT2D eigenvalue weighted by molar-refractivity contribution is -0.272. The van der Waals surface area contributed by atoms with Crippen LogP contribution in [0, 0.1) is 17.6 Å². The third kappa shape index (κ3) is 5.12. The summed E-state index contributed by atoms with van der Waals surface area (Å²) in [5.74, 6) is -9.53.